The van der Waals surface area contributed by atoms with Crippen LogP contribution in [0.25, 0.3) is 0 Å². The standard InChI is InChI=1S/C10H16BrClN2S/c1-6(2)14(3)8(5-13)9-4-7(11)10(12)15-9/h4,6,8H,5,13H2,1-3H3. The smallest absolute Gasteiger partial charge is 0.107 e. The molecule has 0 fully saturated rings. The fourth-order valence-electron chi connectivity index (χ4n) is 1.37. The van der Waals surface area contributed by atoms with E-state index in [-0.39, 0.29) is 6.04 Å². The predicted molar refractivity (Wildman–Crippen MR) is 71.7 cm³/mol. The first-order valence-electron chi connectivity index (χ1n) is 4.84. The monoisotopic (exact) mass is 310 g/mol. The van der Waals surface area contributed by atoms with Gasteiger partial charge in [0.25, 0.3) is 0 Å². The van der Waals surface area contributed by atoms with Crippen molar-refractivity contribution in [2.24, 2.45) is 5.73 Å². The van der Waals surface area contributed by atoms with Gasteiger partial charge in [-0.3, -0.25) is 4.90 Å². The van der Waals surface area contributed by atoms with Crippen molar-refractivity contribution in [2.75, 3.05) is 13.6 Å². The van der Waals surface area contributed by atoms with Gasteiger partial charge in [-0.25, -0.2) is 0 Å². The number of hydrogen-bond donors (Lipinski definition) is 1. The van der Waals surface area contributed by atoms with E-state index < -0.39 is 0 Å². The van der Waals surface area contributed by atoms with Gasteiger partial charge in [-0.2, -0.15) is 0 Å². The number of nitrogens with two attached hydrogens (primary N) is 1. The molecule has 1 atom stereocenters. The van der Waals surface area contributed by atoms with E-state index >= 15 is 0 Å². The Morgan fingerprint density at radius 3 is 2.53 bits per heavy atom. The Bertz CT molecular complexity index is 308. The Kier molecular flexibility index (Phi) is 5.06. The highest BCUT2D eigenvalue weighted by Gasteiger charge is 2.20. The average Bonchev–Trinajstić information content (AvgIpc) is 2.47. The summed E-state index contributed by atoms with van der Waals surface area (Å²) in [7, 11) is 2.09. The van der Waals surface area contributed by atoms with Gasteiger partial charge in [-0.05, 0) is 42.9 Å². The maximum atomic E-state index is 6.03. The van der Waals surface area contributed by atoms with Crippen molar-refractivity contribution in [1.29, 1.82) is 0 Å². The quantitative estimate of drug-likeness (QED) is 0.922. The van der Waals surface area contributed by atoms with Crippen LogP contribution in [0.5, 0.6) is 0 Å². The fraction of sp³-hybridized carbons (Fsp3) is 0.600. The number of halogens is 2. The van der Waals surface area contributed by atoms with Crippen LogP contribution in [0, 0.1) is 0 Å². The van der Waals surface area contributed by atoms with Gasteiger partial charge in [-0.15, -0.1) is 11.3 Å². The van der Waals surface area contributed by atoms with E-state index in [0.29, 0.717) is 12.6 Å². The first kappa shape index (κ1) is 13.5. The van der Waals surface area contributed by atoms with E-state index in [1.807, 2.05) is 0 Å². The molecular formula is C10H16BrClN2S. The van der Waals surface area contributed by atoms with Crippen LogP contribution in [0.2, 0.25) is 4.34 Å². The second-order valence-corrected chi connectivity index (χ2v) is 6.32. The minimum atomic E-state index is 0.249. The molecule has 0 saturated carbocycles. The molecule has 1 rings (SSSR count). The number of hydrogen-bond acceptors (Lipinski definition) is 3. The van der Waals surface area contributed by atoms with Gasteiger partial charge in [0.15, 0.2) is 0 Å². The van der Waals surface area contributed by atoms with E-state index in [4.69, 9.17) is 17.3 Å². The average molecular weight is 312 g/mol. The summed E-state index contributed by atoms with van der Waals surface area (Å²) in [5, 5.41) is 0. The second-order valence-electron chi connectivity index (χ2n) is 3.78. The molecular weight excluding hydrogens is 296 g/mol. The summed E-state index contributed by atoms with van der Waals surface area (Å²) in [5.74, 6) is 0. The minimum Gasteiger partial charge on any atom is -0.329 e. The van der Waals surface area contributed by atoms with Crippen molar-refractivity contribution in [1.82, 2.24) is 4.90 Å². The van der Waals surface area contributed by atoms with Gasteiger partial charge >= 0.3 is 0 Å². The zero-order chi connectivity index (χ0) is 11.6. The lowest BCUT2D eigenvalue weighted by atomic mass is 10.2. The fourth-order valence-corrected chi connectivity index (χ4v) is 3.27. The molecule has 0 amide bonds. The van der Waals surface area contributed by atoms with Crippen LogP contribution in [-0.4, -0.2) is 24.5 Å². The Hall–Kier alpha value is 0.390. The normalized spacial score (nSPS) is 13.9. The van der Waals surface area contributed by atoms with E-state index in [2.05, 4.69) is 47.8 Å². The Balaban J connectivity index is 2.92. The summed E-state index contributed by atoms with van der Waals surface area (Å²) in [6, 6.07) is 2.78. The number of rotatable bonds is 4. The van der Waals surface area contributed by atoms with Crippen LogP contribution in [0.4, 0.5) is 0 Å². The van der Waals surface area contributed by atoms with Gasteiger partial charge in [-0.1, -0.05) is 11.6 Å². The number of likely N-dealkylation sites (N-methyl/N-ethyl adjacent to an activating group) is 1. The van der Waals surface area contributed by atoms with Crippen molar-refractivity contribution in [3.8, 4) is 0 Å². The zero-order valence-electron chi connectivity index (χ0n) is 9.13. The summed E-state index contributed by atoms with van der Waals surface area (Å²) in [6.45, 7) is 4.93. The molecule has 86 valence electrons. The molecule has 2 N–H and O–H groups in total. The van der Waals surface area contributed by atoms with Gasteiger partial charge in [0.05, 0.1) is 6.04 Å². The maximum Gasteiger partial charge on any atom is 0.107 e. The van der Waals surface area contributed by atoms with Crippen molar-refractivity contribution in [3.05, 3.63) is 19.8 Å². The molecule has 5 heteroatoms. The molecule has 1 unspecified atom stereocenters. The first-order valence-corrected chi connectivity index (χ1v) is 6.82. The third kappa shape index (κ3) is 3.17. The maximum absolute atomic E-state index is 6.03. The highest BCUT2D eigenvalue weighted by Crippen LogP contribution is 2.36. The molecule has 0 saturated heterocycles. The predicted octanol–water partition coefficient (Wildman–Crippen LogP) is 3.50. The summed E-state index contributed by atoms with van der Waals surface area (Å²) in [4.78, 5) is 3.47. The Morgan fingerprint density at radius 1 is 1.60 bits per heavy atom. The molecule has 0 aliphatic heterocycles. The zero-order valence-corrected chi connectivity index (χ0v) is 12.3. The van der Waals surface area contributed by atoms with Gasteiger partial charge in [0, 0.05) is 21.9 Å². The molecule has 0 bridgehead atoms. The van der Waals surface area contributed by atoms with Crippen LogP contribution >= 0.6 is 38.9 Å². The Labute approximate surface area is 109 Å². The molecule has 0 radical (unpaired) electrons. The van der Waals surface area contributed by atoms with Crippen LogP contribution in [0.3, 0.4) is 0 Å². The molecule has 0 aromatic carbocycles. The van der Waals surface area contributed by atoms with Gasteiger partial charge in [0.1, 0.15) is 4.34 Å². The SMILES string of the molecule is CC(C)N(C)C(CN)c1cc(Br)c(Cl)s1. The Morgan fingerprint density at radius 2 is 2.20 bits per heavy atom. The third-order valence-electron chi connectivity index (χ3n) is 2.52. The lowest BCUT2D eigenvalue weighted by molar-refractivity contribution is 0.204. The first-order chi connectivity index (χ1) is 6.97. The largest absolute Gasteiger partial charge is 0.329 e. The van der Waals surface area contributed by atoms with Crippen molar-refractivity contribution >= 4 is 38.9 Å². The van der Waals surface area contributed by atoms with Crippen LogP contribution in [-0.2, 0) is 0 Å². The van der Waals surface area contributed by atoms with Crippen molar-refractivity contribution in [3.63, 3.8) is 0 Å². The van der Waals surface area contributed by atoms with E-state index in [1.165, 1.54) is 4.88 Å². The topological polar surface area (TPSA) is 29.3 Å². The van der Waals surface area contributed by atoms with Gasteiger partial charge in [0.2, 0.25) is 0 Å². The summed E-state index contributed by atoms with van der Waals surface area (Å²) in [6.07, 6.45) is 0. The van der Waals surface area contributed by atoms with E-state index in [1.54, 1.807) is 11.3 Å². The molecule has 1 aromatic heterocycles. The summed E-state index contributed by atoms with van der Waals surface area (Å²) in [5.41, 5.74) is 5.81. The van der Waals surface area contributed by atoms with Crippen LogP contribution in [0.15, 0.2) is 10.5 Å². The molecule has 15 heavy (non-hydrogen) atoms. The second kappa shape index (κ2) is 5.64. The molecule has 0 aliphatic carbocycles. The highest BCUT2D eigenvalue weighted by molar-refractivity contribution is 9.10. The molecule has 2 nitrogen and oxygen atoms in total. The van der Waals surface area contributed by atoms with Crippen LogP contribution in [0.1, 0.15) is 24.8 Å². The van der Waals surface area contributed by atoms with E-state index in [9.17, 15) is 0 Å². The lowest BCUT2D eigenvalue weighted by Crippen LogP contribution is -2.34. The lowest BCUT2D eigenvalue weighted by Gasteiger charge is -2.29. The highest BCUT2D eigenvalue weighted by atomic mass is 79.9. The molecule has 0 aliphatic rings. The third-order valence-corrected chi connectivity index (χ3v) is 5.10. The molecule has 1 aromatic rings. The van der Waals surface area contributed by atoms with E-state index in [0.717, 1.165) is 8.81 Å². The summed E-state index contributed by atoms with van der Waals surface area (Å²) >= 11 is 11.0. The number of thiophene rings is 1. The van der Waals surface area contributed by atoms with Crippen molar-refractivity contribution in [2.45, 2.75) is 25.9 Å². The molecule has 1 heterocycles. The minimum absolute atomic E-state index is 0.249. The van der Waals surface area contributed by atoms with Gasteiger partial charge < -0.3 is 5.73 Å². The van der Waals surface area contributed by atoms with Crippen LogP contribution < -0.4 is 5.73 Å². The molecule has 0 spiro atoms. The van der Waals surface area contributed by atoms with Crippen molar-refractivity contribution < 1.29 is 0 Å². The summed E-state index contributed by atoms with van der Waals surface area (Å²) < 4.78 is 1.75. The number of nitrogens with zero attached hydrogens (tertiary/aromatic N) is 1.